The van der Waals surface area contributed by atoms with E-state index in [9.17, 15) is 19.2 Å². The van der Waals surface area contributed by atoms with E-state index in [1.807, 2.05) is 66.7 Å². The van der Waals surface area contributed by atoms with E-state index < -0.39 is 23.7 Å². The Bertz CT molecular complexity index is 1770. The fourth-order valence-corrected chi connectivity index (χ4v) is 8.79. The summed E-state index contributed by atoms with van der Waals surface area (Å²) >= 11 is 0. The van der Waals surface area contributed by atoms with Crippen molar-refractivity contribution in [3.8, 4) is 0 Å². The summed E-state index contributed by atoms with van der Waals surface area (Å²) in [7, 11) is 0. The van der Waals surface area contributed by atoms with Crippen molar-refractivity contribution in [3.63, 3.8) is 0 Å². The van der Waals surface area contributed by atoms with Crippen LogP contribution in [0.3, 0.4) is 0 Å². The van der Waals surface area contributed by atoms with Gasteiger partial charge < -0.3 is 0 Å². The van der Waals surface area contributed by atoms with Crippen LogP contribution >= 0.6 is 0 Å². The van der Waals surface area contributed by atoms with Crippen LogP contribution in [0.25, 0.3) is 5.57 Å². The van der Waals surface area contributed by atoms with Crippen LogP contribution in [0.1, 0.15) is 37.0 Å². The molecule has 3 aromatic rings. The third-order valence-corrected chi connectivity index (χ3v) is 10.8. The Labute approximate surface area is 257 Å². The number of nitrogens with zero attached hydrogens (tertiary/aromatic N) is 2. The zero-order chi connectivity index (χ0) is 30.3. The quantitative estimate of drug-likeness (QED) is 0.273. The number of hydrogen-bond donors (Lipinski definition) is 0. The van der Waals surface area contributed by atoms with Gasteiger partial charge in [0.25, 0.3) is 0 Å². The Hall–Kier alpha value is -4.58. The minimum atomic E-state index is -0.574. The van der Waals surface area contributed by atoms with Gasteiger partial charge in [0.05, 0.1) is 35.0 Å². The third kappa shape index (κ3) is 3.66. The second-order valence-corrected chi connectivity index (χ2v) is 12.8. The molecule has 0 N–H and O–H groups in total. The van der Waals surface area contributed by atoms with Crippen molar-refractivity contribution in [1.82, 2.24) is 0 Å². The maximum Gasteiger partial charge on any atom is 0.238 e. The van der Waals surface area contributed by atoms with Gasteiger partial charge in [-0.1, -0.05) is 86.2 Å². The third-order valence-electron chi connectivity index (χ3n) is 10.8. The van der Waals surface area contributed by atoms with E-state index in [1.54, 1.807) is 0 Å². The second kappa shape index (κ2) is 9.98. The van der Waals surface area contributed by atoms with Crippen molar-refractivity contribution in [3.05, 3.63) is 113 Å². The molecule has 220 valence electrons. The highest BCUT2D eigenvalue weighted by Crippen LogP contribution is 2.63. The first-order chi connectivity index (χ1) is 21.4. The van der Waals surface area contributed by atoms with E-state index in [0.717, 1.165) is 40.7 Å². The van der Waals surface area contributed by atoms with Gasteiger partial charge in [0.2, 0.25) is 23.6 Å². The summed E-state index contributed by atoms with van der Waals surface area (Å²) in [6, 6.07) is 25.4. The number of aryl methyl sites for hydroxylation is 2. The highest BCUT2D eigenvalue weighted by molar-refractivity contribution is 6.24. The molecule has 3 fully saturated rings. The maximum absolute atomic E-state index is 14.4. The van der Waals surface area contributed by atoms with Crippen molar-refractivity contribution in [2.24, 2.45) is 41.4 Å². The highest BCUT2D eigenvalue weighted by Gasteiger charge is 2.67. The molecule has 0 spiro atoms. The molecular weight excluding hydrogens is 548 g/mol. The van der Waals surface area contributed by atoms with E-state index in [0.29, 0.717) is 17.8 Å². The molecule has 0 radical (unpaired) electrons. The predicted octanol–water partition coefficient (Wildman–Crippen LogP) is 6.01. The first kappa shape index (κ1) is 27.0. The largest absolute Gasteiger partial charge is 0.274 e. The number of allylic oxidation sites excluding steroid dienone is 4. The zero-order valence-electron chi connectivity index (χ0n) is 24.9. The van der Waals surface area contributed by atoms with Crippen molar-refractivity contribution in [1.29, 1.82) is 0 Å². The molecule has 4 aliphatic carbocycles. The van der Waals surface area contributed by atoms with E-state index in [4.69, 9.17) is 0 Å². The van der Waals surface area contributed by atoms with Crippen LogP contribution in [-0.2, 0) is 32.0 Å². The fourth-order valence-electron chi connectivity index (χ4n) is 8.79. The molecule has 4 amide bonds. The van der Waals surface area contributed by atoms with E-state index in [-0.39, 0.29) is 41.4 Å². The number of fused-ring (bicyclic) bond motifs is 1. The molecule has 2 bridgehead atoms. The number of anilines is 2. The average molecular weight is 583 g/mol. The molecule has 6 aliphatic rings. The summed E-state index contributed by atoms with van der Waals surface area (Å²) in [5.41, 5.74) is 6.60. The van der Waals surface area contributed by atoms with Gasteiger partial charge >= 0.3 is 0 Å². The fraction of sp³-hybridized carbons (Fsp3) is 0.316. The SMILES string of the molecule is CCc1ccc(N2C(=O)[C@H]3[C@@H]4C=C[C@H](C5=C(c6ccccc6)C[C@H]6C(=O)N(c7ccc(CC)cc7)C(=O)[C@H]6[C@@H]54)[C@H]3C2=O)cc1. The van der Waals surface area contributed by atoms with Crippen molar-refractivity contribution < 1.29 is 19.2 Å². The normalized spacial score (nSPS) is 30.3. The van der Waals surface area contributed by atoms with Gasteiger partial charge in [-0.05, 0) is 71.7 Å². The molecule has 2 heterocycles. The lowest BCUT2D eigenvalue weighted by Gasteiger charge is -2.51. The number of hydrogen-bond acceptors (Lipinski definition) is 4. The summed E-state index contributed by atoms with van der Waals surface area (Å²) in [6.45, 7) is 4.14. The summed E-state index contributed by atoms with van der Waals surface area (Å²) in [6.07, 6.45) is 6.34. The van der Waals surface area contributed by atoms with E-state index in [2.05, 4.69) is 38.1 Å². The standard InChI is InChI=1S/C38H34N2O4/c1-3-21-10-14-24(15-11-21)39-35(41)29-20-28(23-8-6-5-7-9-23)30-26-18-19-27(31(30)34(29)38(39)44)33-32(26)36(42)40(37(33)43)25-16-12-22(4-2)13-17-25/h5-19,26-27,29,31-34H,3-4,20H2,1-2H3/t26-,27-,29-,31-,32-,33+,34-/m1/s1. The van der Waals surface area contributed by atoms with Gasteiger partial charge in [-0.25, -0.2) is 0 Å². The molecule has 9 rings (SSSR count). The second-order valence-electron chi connectivity index (χ2n) is 12.8. The van der Waals surface area contributed by atoms with Crippen molar-refractivity contribution in [2.45, 2.75) is 33.1 Å². The monoisotopic (exact) mass is 582 g/mol. The van der Waals surface area contributed by atoms with Gasteiger partial charge in [0, 0.05) is 11.8 Å². The van der Waals surface area contributed by atoms with Gasteiger partial charge in [-0.3, -0.25) is 29.0 Å². The van der Waals surface area contributed by atoms with Gasteiger partial charge in [-0.2, -0.15) is 0 Å². The Morgan fingerprint density at radius 1 is 0.591 bits per heavy atom. The number of imide groups is 2. The lowest BCUT2D eigenvalue weighted by Crippen LogP contribution is -2.51. The Morgan fingerprint density at radius 3 is 1.73 bits per heavy atom. The maximum atomic E-state index is 14.4. The summed E-state index contributed by atoms with van der Waals surface area (Å²) < 4.78 is 0. The molecule has 6 nitrogen and oxygen atoms in total. The van der Waals surface area contributed by atoms with Crippen LogP contribution in [0.5, 0.6) is 0 Å². The van der Waals surface area contributed by atoms with E-state index >= 15 is 0 Å². The van der Waals surface area contributed by atoms with Crippen LogP contribution in [0.4, 0.5) is 11.4 Å². The molecule has 3 aromatic carbocycles. The zero-order valence-corrected chi connectivity index (χ0v) is 24.9. The molecule has 2 aliphatic heterocycles. The molecule has 1 saturated carbocycles. The van der Waals surface area contributed by atoms with Crippen LogP contribution in [0.15, 0.2) is 96.6 Å². The average Bonchev–Trinajstić information content (AvgIpc) is 3.50. The number of amides is 4. The smallest absolute Gasteiger partial charge is 0.238 e. The number of rotatable bonds is 5. The Morgan fingerprint density at radius 2 is 1.14 bits per heavy atom. The minimum Gasteiger partial charge on any atom is -0.274 e. The van der Waals surface area contributed by atoms with Crippen LogP contribution in [0.2, 0.25) is 0 Å². The van der Waals surface area contributed by atoms with Crippen LogP contribution < -0.4 is 9.80 Å². The number of carbonyl (C=O) groups excluding carboxylic acids is 4. The molecule has 6 heteroatoms. The molecule has 0 aromatic heterocycles. The Balaban J connectivity index is 1.25. The van der Waals surface area contributed by atoms with Gasteiger partial charge in [0.1, 0.15) is 0 Å². The van der Waals surface area contributed by atoms with Crippen LogP contribution in [0, 0.1) is 41.4 Å². The van der Waals surface area contributed by atoms with Crippen molar-refractivity contribution in [2.75, 3.05) is 9.80 Å². The highest BCUT2D eigenvalue weighted by atomic mass is 16.2. The topological polar surface area (TPSA) is 74.8 Å². The Kier molecular flexibility index (Phi) is 6.12. The van der Waals surface area contributed by atoms with E-state index in [1.165, 1.54) is 9.80 Å². The number of benzene rings is 3. The molecule has 0 unspecified atom stereocenters. The lowest BCUT2D eigenvalue weighted by atomic mass is 9.49. The predicted molar refractivity (Wildman–Crippen MR) is 168 cm³/mol. The first-order valence-corrected chi connectivity index (χ1v) is 15.8. The molecule has 2 saturated heterocycles. The summed E-state index contributed by atoms with van der Waals surface area (Å²) in [4.78, 5) is 59.6. The van der Waals surface area contributed by atoms with Gasteiger partial charge in [0.15, 0.2) is 0 Å². The lowest BCUT2D eigenvalue weighted by molar-refractivity contribution is -0.129. The van der Waals surface area contributed by atoms with Crippen molar-refractivity contribution >= 4 is 40.6 Å². The minimum absolute atomic E-state index is 0.171. The van der Waals surface area contributed by atoms with Crippen LogP contribution in [-0.4, -0.2) is 23.6 Å². The first-order valence-electron chi connectivity index (χ1n) is 15.8. The number of carbonyl (C=O) groups is 4. The molecule has 7 atom stereocenters. The van der Waals surface area contributed by atoms with Gasteiger partial charge in [-0.15, -0.1) is 0 Å². The summed E-state index contributed by atoms with van der Waals surface area (Å²) in [5.74, 6) is -3.89. The summed E-state index contributed by atoms with van der Waals surface area (Å²) in [5, 5.41) is 0. The molecule has 44 heavy (non-hydrogen) atoms. The molecular formula is C38H34N2O4.